The molecule has 0 radical (unpaired) electrons. The highest BCUT2D eigenvalue weighted by molar-refractivity contribution is 7.91. The van der Waals surface area contributed by atoms with Crippen LogP contribution in [0.4, 0.5) is 0 Å². The highest BCUT2D eigenvalue weighted by Gasteiger charge is 2.28. The molecule has 1 aromatic carbocycles. The van der Waals surface area contributed by atoms with Crippen molar-refractivity contribution in [3.8, 4) is 0 Å². The number of pyridine rings is 1. The lowest BCUT2D eigenvalue weighted by Crippen LogP contribution is -1.98. The Labute approximate surface area is 98.0 Å². The van der Waals surface area contributed by atoms with Gasteiger partial charge in [0, 0.05) is 11.6 Å². The van der Waals surface area contributed by atoms with Crippen LogP contribution in [-0.2, 0) is 16.3 Å². The van der Waals surface area contributed by atoms with Crippen molar-refractivity contribution in [3.63, 3.8) is 0 Å². The lowest BCUT2D eigenvalue weighted by atomic mass is 10.1. The molecule has 1 aliphatic heterocycles. The minimum absolute atomic E-state index is 0.173. The first-order valence-electron chi connectivity index (χ1n) is 4.88. The maximum absolute atomic E-state index is 11.7. The fourth-order valence-corrected chi connectivity index (χ4v) is 3.96. The first-order valence-corrected chi connectivity index (χ1v) is 6.91. The quantitative estimate of drug-likeness (QED) is 0.723. The van der Waals surface area contributed by atoms with Gasteiger partial charge in [0.15, 0.2) is 9.84 Å². The molecule has 0 fully saturated rings. The Morgan fingerprint density at radius 2 is 2.06 bits per heavy atom. The number of sulfone groups is 1. The summed E-state index contributed by atoms with van der Waals surface area (Å²) >= 11 is 6.10. The third-order valence-electron chi connectivity index (χ3n) is 2.88. The third kappa shape index (κ3) is 1.26. The molecule has 2 aromatic rings. The number of aryl methyl sites for hydroxylation is 1. The van der Waals surface area contributed by atoms with E-state index in [9.17, 15) is 8.42 Å². The van der Waals surface area contributed by atoms with E-state index in [1.54, 1.807) is 24.4 Å². The predicted octanol–water partition coefficient (Wildman–Crippen LogP) is 2.22. The summed E-state index contributed by atoms with van der Waals surface area (Å²) in [6.45, 7) is 0. The number of hydrogen-bond acceptors (Lipinski definition) is 3. The molecule has 16 heavy (non-hydrogen) atoms. The van der Waals surface area contributed by atoms with Crippen molar-refractivity contribution in [2.75, 3.05) is 5.75 Å². The van der Waals surface area contributed by atoms with Gasteiger partial charge in [-0.15, -0.1) is 0 Å². The van der Waals surface area contributed by atoms with E-state index >= 15 is 0 Å². The van der Waals surface area contributed by atoms with E-state index in [1.165, 1.54) is 0 Å². The Morgan fingerprint density at radius 3 is 2.88 bits per heavy atom. The summed E-state index contributed by atoms with van der Waals surface area (Å²) in [5, 5.41) is 1.35. The van der Waals surface area contributed by atoms with Crippen LogP contribution in [0.3, 0.4) is 0 Å². The van der Waals surface area contributed by atoms with Gasteiger partial charge in [0.2, 0.25) is 0 Å². The Hall–Kier alpha value is -1.13. The van der Waals surface area contributed by atoms with Crippen LogP contribution in [0.5, 0.6) is 0 Å². The van der Waals surface area contributed by atoms with Crippen LogP contribution >= 0.6 is 11.6 Å². The monoisotopic (exact) mass is 253 g/mol. The average Bonchev–Trinajstić information content (AvgIpc) is 2.55. The van der Waals surface area contributed by atoms with Crippen molar-refractivity contribution in [1.82, 2.24) is 4.98 Å². The van der Waals surface area contributed by atoms with Crippen LogP contribution in [0.25, 0.3) is 10.9 Å². The van der Waals surface area contributed by atoms with Gasteiger partial charge in [0.1, 0.15) is 0 Å². The summed E-state index contributed by atoms with van der Waals surface area (Å²) in [5.74, 6) is 0.173. The Morgan fingerprint density at radius 1 is 1.25 bits per heavy atom. The molecule has 0 N–H and O–H groups in total. The Balaban J connectivity index is 2.52. The van der Waals surface area contributed by atoms with Gasteiger partial charge in [-0.3, -0.25) is 4.98 Å². The van der Waals surface area contributed by atoms with E-state index in [2.05, 4.69) is 4.98 Å². The topological polar surface area (TPSA) is 47.0 Å². The summed E-state index contributed by atoms with van der Waals surface area (Å²) in [4.78, 5) is 4.60. The van der Waals surface area contributed by atoms with Crippen molar-refractivity contribution in [2.24, 2.45) is 0 Å². The lowest BCUT2D eigenvalue weighted by molar-refractivity contribution is 0.600. The van der Waals surface area contributed by atoms with Crippen LogP contribution in [0.1, 0.15) is 5.56 Å². The third-order valence-corrected chi connectivity index (χ3v) is 4.99. The van der Waals surface area contributed by atoms with Crippen molar-refractivity contribution in [2.45, 2.75) is 11.3 Å². The van der Waals surface area contributed by atoms with Crippen LogP contribution < -0.4 is 0 Å². The van der Waals surface area contributed by atoms with Crippen LogP contribution in [0.15, 0.2) is 29.3 Å². The Bertz CT molecular complexity index is 694. The van der Waals surface area contributed by atoms with E-state index in [0.717, 1.165) is 16.5 Å². The molecule has 0 atom stereocenters. The molecule has 0 aliphatic carbocycles. The standard InChI is InChI=1S/C11H8ClNO2S/c12-8-3-5-13-9-1-2-10-7(11(8)9)4-6-16(10,14)15/h1-3,5H,4,6H2. The molecule has 1 aliphatic rings. The van der Waals surface area contributed by atoms with Gasteiger partial charge >= 0.3 is 0 Å². The van der Waals surface area contributed by atoms with Gasteiger partial charge in [0.05, 0.1) is 21.2 Å². The normalized spacial score (nSPS) is 17.6. The number of halogens is 1. The molecule has 0 spiro atoms. The number of hydrogen-bond donors (Lipinski definition) is 0. The molecule has 0 saturated carbocycles. The number of fused-ring (bicyclic) bond motifs is 3. The van der Waals surface area contributed by atoms with Crippen molar-refractivity contribution in [1.29, 1.82) is 0 Å². The zero-order chi connectivity index (χ0) is 11.3. The lowest BCUT2D eigenvalue weighted by Gasteiger charge is -2.04. The molecule has 0 amide bonds. The van der Waals surface area contributed by atoms with Crippen molar-refractivity contribution >= 4 is 32.3 Å². The van der Waals surface area contributed by atoms with Crippen LogP contribution in [-0.4, -0.2) is 19.2 Å². The summed E-state index contributed by atoms with van der Waals surface area (Å²) < 4.78 is 23.5. The number of benzene rings is 1. The first-order chi connectivity index (χ1) is 7.59. The van der Waals surface area contributed by atoms with Gasteiger partial charge in [-0.05, 0) is 30.2 Å². The summed E-state index contributed by atoms with van der Waals surface area (Å²) in [7, 11) is -3.10. The summed E-state index contributed by atoms with van der Waals surface area (Å²) in [5.41, 5.74) is 1.57. The molecule has 0 unspecified atom stereocenters. The highest BCUT2D eigenvalue weighted by Crippen LogP contribution is 2.34. The average molecular weight is 254 g/mol. The molecule has 5 heteroatoms. The smallest absolute Gasteiger partial charge is 0.179 e. The second-order valence-corrected chi connectivity index (χ2v) is 6.28. The van der Waals surface area contributed by atoms with E-state index < -0.39 is 9.84 Å². The Kier molecular flexibility index (Phi) is 2.00. The SMILES string of the molecule is O=S1(=O)CCc2c1ccc1nccc(Cl)c21. The molecule has 1 aromatic heterocycles. The molecule has 3 rings (SSSR count). The molecule has 0 bridgehead atoms. The second kappa shape index (κ2) is 3.18. The number of rotatable bonds is 0. The minimum Gasteiger partial charge on any atom is -0.256 e. The van der Waals surface area contributed by atoms with Gasteiger partial charge in [-0.2, -0.15) is 0 Å². The molecular weight excluding hydrogens is 246 g/mol. The largest absolute Gasteiger partial charge is 0.256 e. The molecular formula is C11H8ClNO2S. The number of aromatic nitrogens is 1. The summed E-state index contributed by atoms with van der Waals surface area (Å²) in [6.07, 6.45) is 2.15. The van der Waals surface area contributed by atoms with Crippen molar-refractivity contribution < 1.29 is 8.42 Å². The first kappa shape index (κ1) is 10.1. The van der Waals surface area contributed by atoms with Gasteiger partial charge in [0.25, 0.3) is 0 Å². The fourth-order valence-electron chi connectivity index (χ4n) is 2.14. The molecule has 3 nitrogen and oxygen atoms in total. The molecule has 2 heterocycles. The highest BCUT2D eigenvalue weighted by atomic mass is 35.5. The van der Waals surface area contributed by atoms with E-state index in [0.29, 0.717) is 16.3 Å². The van der Waals surface area contributed by atoms with Gasteiger partial charge in [-0.25, -0.2) is 8.42 Å². The maximum Gasteiger partial charge on any atom is 0.179 e. The van der Waals surface area contributed by atoms with E-state index in [1.807, 2.05) is 0 Å². The summed E-state index contributed by atoms with van der Waals surface area (Å²) in [6, 6.07) is 5.03. The second-order valence-electron chi connectivity index (χ2n) is 3.80. The molecule has 0 saturated heterocycles. The van der Waals surface area contributed by atoms with Crippen LogP contribution in [0.2, 0.25) is 5.02 Å². The zero-order valence-electron chi connectivity index (χ0n) is 8.27. The minimum atomic E-state index is -3.10. The molecule has 82 valence electrons. The fraction of sp³-hybridized carbons (Fsp3) is 0.182. The van der Waals surface area contributed by atoms with E-state index in [-0.39, 0.29) is 5.75 Å². The van der Waals surface area contributed by atoms with Gasteiger partial charge < -0.3 is 0 Å². The maximum atomic E-state index is 11.7. The number of nitrogens with zero attached hydrogens (tertiary/aromatic N) is 1. The van der Waals surface area contributed by atoms with E-state index in [4.69, 9.17) is 11.6 Å². The van der Waals surface area contributed by atoms with Crippen molar-refractivity contribution in [3.05, 3.63) is 35.0 Å². The van der Waals surface area contributed by atoms with Crippen LogP contribution in [0, 0.1) is 0 Å². The zero-order valence-corrected chi connectivity index (χ0v) is 9.85. The van der Waals surface area contributed by atoms with Gasteiger partial charge in [-0.1, -0.05) is 11.6 Å². The predicted molar refractivity (Wildman–Crippen MR) is 62.5 cm³/mol.